The maximum Gasteiger partial charge on any atom is 0.318 e. The summed E-state index contributed by atoms with van der Waals surface area (Å²) in [5.74, 6) is 5.04. The Morgan fingerprint density at radius 1 is 0.987 bits per heavy atom. The minimum atomic E-state index is -0.492. The average Bonchev–Trinajstić information content (AvgIpc) is 4.35. The number of pyridine rings is 1. The second kappa shape index (κ2) is 24.8. The number of amides is 2. The summed E-state index contributed by atoms with van der Waals surface area (Å²) in [5.41, 5.74) is 7.36. The molecule has 14 heteroatoms. The number of anilines is 3. The van der Waals surface area contributed by atoms with Crippen molar-refractivity contribution in [1.82, 2.24) is 30.1 Å². The van der Waals surface area contributed by atoms with Crippen LogP contribution in [0.5, 0.6) is 11.8 Å². The molecule has 5 aromatic rings. The van der Waals surface area contributed by atoms with Crippen molar-refractivity contribution in [3.8, 4) is 35.4 Å². The molecule has 0 bridgehead atoms. The van der Waals surface area contributed by atoms with Crippen LogP contribution >= 0.6 is 0 Å². The number of carbonyl (C=O) groups excluding carboxylic acids is 2. The minimum absolute atomic E-state index is 0.0132. The highest BCUT2D eigenvalue weighted by Gasteiger charge is 2.45. The second-order valence-electron chi connectivity index (χ2n) is 23.6. The van der Waals surface area contributed by atoms with Crippen molar-refractivity contribution in [2.45, 2.75) is 119 Å². The van der Waals surface area contributed by atoms with Gasteiger partial charge in [-0.2, -0.15) is 9.97 Å². The van der Waals surface area contributed by atoms with Crippen molar-refractivity contribution < 1.29 is 23.8 Å². The van der Waals surface area contributed by atoms with Gasteiger partial charge in [0.25, 0.3) is 0 Å². The van der Waals surface area contributed by atoms with Crippen LogP contribution in [0, 0.1) is 61.1 Å². The number of aromatic hydroxyl groups is 1. The van der Waals surface area contributed by atoms with Gasteiger partial charge in [-0.3, -0.25) is 14.6 Å². The minimum Gasteiger partial charge on any atom is -0.508 e. The highest BCUT2D eigenvalue weighted by Crippen LogP contribution is 2.47. The number of hydrogen-bond acceptors (Lipinski definition) is 11. The summed E-state index contributed by atoms with van der Waals surface area (Å²) in [4.78, 5) is 51.1. The van der Waals surface area contributed by atoms with Crippen molar-refractivity contribution in [3.63, 3.8) is 0 Å². The maximum atomic E-state index is 15.1. The number of fused-ring (bicyclic) bond motifs is 2. The van der Waals surface area contributed by atoms with Crippen molar-refractivity contribution >= 4 is 50.7 Å². The summed E-state index contributed by atoms with van der Waals surface area (Å²) in [6.07, 6.45) is 21.4. The van der Waals surface area contributed by atoms with E-state index < -0.39 is 5.82 Å². The van der Waals surface area contributed by atoms with E-state index in [0.29, 0.717) is 58.8 Å². The molecule has 1 aliphatic carbocycles. The number of benzene rings is 3. The molecule has 3 unspecified atom stereocenters. The van der Waals surface area contributed by atoms with Crippen molar-refractivity contribution in [2.75, 3.05) is 93.8 Å². The Kier molecular flexibility index (Phi) is 17.9. The number of piperidine rings is 3. The molecule has 5 fully saturated rings. The van der Waals surface area contributed by atoms with Crippen LogP contribution in [-0.2, 0) is 9.59 Å². The first kappa shape index (κ1) is 56.4. The van der Waals surface area contributed by atoms with Gasteiger partial charge in [-0.25, -0.2) is 4.39 Å². The fourth-order valence-corrected chi connectivity index (χ4v) is 12.2. The Bertz CT molecular complexity index is 3040. The number of nitrogens with zero attached hydrogens (tertiary/aromatic N) is 8. The average molecular weight is 1060 g/mol. The van der Waals surface area contributed by atoms with E-state index in [1.54, 1.807) is 18.2 Å². The molecular weight excluding hydrogens is 978 g/mol. The number of phenols is 1. The number of unbranched alkanes of at least 4 members (excludes halogenated alkanes) is 1. The van der Waals surface area contributed by atoms with Gasteiger partial charge in [0.1, 0.15) is 17.4 Å². The standard InChI is InChI=1S/C54H67FN8O3.C10H17NO/c1-8-36(4)52(65)59(7)47-28-41(14-12-37(47)5)62-21-16-39(17-22-62)32-60-23-25-61(26-24-60)33-54(18-19-54)34-66-53-57-50-38(6)49(56-30-45(50)51(58-53)63-20-10-11-35(3)31-63)44-29-42(64)27-40-13-15-46(55)43(9-2)48(40)44;1-3-4-5-9-8(2)6-7-10(12)11-9/h2,12-15,27-30,35-36,39,64H,8,10-11,16-26,31-34H2,1,3-7H3;5,8H,3-4,6-7H2,1-2H3,(H,11,12)/b;9-5-. The zero-order valence-electron chi connectivity index (χ0n) is 47.8. The number of piperazine rings is 1. The van der Waals surface area contributed by atoms with E-state index in [4.69, 9.17) is 26.1 Å². The van der Waals surface area contributed by atoms with Crippen LogP contribution in [0.2, 0.25) is 0 Å². The summed E-state index contributed by atoms with van der Waals surface area (Å²) in [5, 5.41) is 15.7. The van der Waals surface area contributed by atoms with Gasteiger partial charge in [-0.05, 0) is 131 Å². The summed E-state index contributed by atoms with van der Waals surface area (Å²) < 4.78 is 21.7. The number of allylic oxidation sites excluding steroid dienone is 2. The topological polar surface area (TPSA) is 130 Å². The lowest BCUT2D eigenvalue weighted by Gasteiger charge is -2.40. The molecule has 6 heterocycles. The van der Waals surface area contributed by atoms with Crippen molar-refractivity contribution in [1.29, 1.82) is 0 Å². The molecule has 2 amide bonds. The van der Waals surface area contributed by atoms with E-state index in [2.05, 4.69) is 89.7 Å². The molecule has 4 aliphatic heterocycles. The Labute approximate surface area is 463 Å². The predicted octanol–water partition coefficient (Wildman–Crippen LogP) is 11.4. The lowest BCUT2D eigenvalue weighted by atomic mass is 9.94. The van der Waals surface area contributed by atoms with Crippen LogP contribution in [0.1, 0.15) is 122 Å². The predicted molar refractivity (Wildman–Crippen MR) is 314 cm³/mol. The molecule has 4 saturated heterocycles. The van der Waals surface area contributed by atoms with Crippen LogP contribution < -0.4 is 24.8 Å². The molecule has 2 N–H and O–H groups in total. The molecule has 3 atom stereocenters. The number of carbonyl (C=O) groups is 2. The molecular formula is C64H84FN9O4. The Morgan fingerprint density at radius 3 is 2.45 bits per heavy atom. The van der Waals surface area contributed by atoms with E-state index in [1.165, 1.54) is 31.0 Å². The summed E-state index contributed by atoms with van der Waals surface area (Å²) >= 11 is 0. The third-order valence-electron chi connectivity index (χ3n) is 17.5. The fourth-order valence-electron chi connectivity index (χ4n) is 12.2. The van der Waals surface area contributed by atoms with E-state index >= 15 is 4.39 Å². The molecule has 0 radical (unpaired) electrons. The van der Waals surface area contributed by atoms with Gasteiger partial charge in [0, 0.05) is 130 Å². The number of nitrogens with one attached hydrogen (secondary N) is 1. The number of hydrogen-bond donors (Lipinski definition) is 2. The number of rotatable bonds is 15. The number of terminal acetylenes is 1. The first-order valence-corrected chi connectivity index (χ1v) is 29.1. The molecule has 3 aromatic carbocycles. The van der Waals surface area contributed by atoms with Crippen LogP contribution in [0.4, 0.5) is 21.6 Å². The summed E-state index contributed by atoms with van der Waals surface area (Å²) in [6, 6.07) is 13.1. The van der Waals surface area contributed by atoms with Gasteiger partial charge in [0.05, 0.1) is 28.8 Å². The first-order chi connectivity index (χ1) is 37.6. The smallest absolute Gasteiger partial charge is 0.318 e. The van der Waals surface area contributed by atoms with Gasteiger partial charge in [-0.15, -0.1) is 6.42 Å². The number of ether oxygens (including phenoxy) is 1. The normalized spacial score (nSPS) is 21.0. The second-order valence-corrected chi connectivity index (χ2v) is 23.6. The zero-order chi connectivity index (χ0) is 55.3. The van der Waals surface area contributed by atoms with Gasteiger partial charge in [-0.1, -0.05) is 65.2 Å². The van der Waals surface area contributed by atoms with Crippen LogP contribution in [0.3, 0.4) is 0 Å². The number of aryl methyl sites for hydroxylation is 2. The van der Waals surface area contributed by atoms with Gasteiger partial charge >= 0.3 is 6.01 Å². The molecule has 5 aliphatic rings. The van der Waals surface area contributed by atoms with Crippen LogP contribution in [0.15, 0.2) is 60.4 Å². The number of phenolic OH excluding ortho intramolecular Hbond substituents is 1. The first-order valence-electron chi connectivity index (χ1n) is 29.1. The van der Waals surface area contributed by atoms with Crippen LogP contribution in [0.25, 0.3) is 32.9 Å². The van der Waals surface area contributed by atoms with Crippen molar-refractivity contribution in [3.05, 3.63) is 82.9 Å². The molecule has 2 aromatic heterocycles. The van der Waals surface area contributed by atoms with Crippen LogP contribution in [-0.4, -0.2) is 121 Å². The van der Waals surface area contributed by atoms with Crippen molar-refractivity contribution in [2.24, 2.45) is 29.1 Å². The summed E-state index contributed by atoms with van der Waals surface area (Å²) in [6.45, 7) is 25.6. The zero-order valence-corrected chi connectivity index (χ0v) is 47.8. The summed E-state index contributed by atoms with van der Waals surface area (Å²) in [7, 11) is 1.91. The van der Waals surface area contributed by atoms with E-state index in [9.17, 15) is 14.7 Å². The van der Waals surface area contributed by atoms with E-state index in [0.717, 1.165) is 150 Å². The maximum absolute atomic E-state index is 15.1. The third-order valence-corrected chi connectivity index (χ3v) is 17.5. The third kappa shape index (κ3) is 12.9. The molecule has 416 valence electrons. The van der Waals surface area contributed by atoms with Gasteiger partial charge in [0.2, 0.25) is 11.8 Å². The van der Waals surface area contributed by atoms with Gasteiger partial charge in [0.15, 0.2) is 0 Å². The Balaban J connectivity index is 0.000000546. The highest BCUT2D eigenvalue weighted by molar-refractivity contribution is 6.04. The lowest BCUT2D eigenvalue weighted by Crippen LogP contribution is -2.50. The molecule has 78 heavy (non-hydrogen) atoms. The van der Waals surface area contributed by atoms with E-state index in [-0.39, 0.29) is 34.5 Å². The molecule has 10 rings (SSSR count). The SMILES string of the molecule is C#Cc1c(F)ccc2cc(O)cc(-c3ncc4c(N5CCCC(C)C5)nc(OCC5(CN6CCN(CC7CCN(c8ccc(C)c(N(C)C(=O)C(C)CC)c8)CC7)CC6)CC5)nc4c3C)c12.CCC/C=C1\NC(=O)CCC1C. The van der Waals surface area contributed by atoms with Gasteiger partial charge < -0.3 is 39.7 Å². The quantitative estimate of drug-likeness (QED) is 0.0972. The Hall–Kier alpha value is -6.30. The molecule has 0 spiro atoms. The van der Waals surface area contributed by atoms with E-state index in [1.807, 2.05) is 32.0 Å². The largest absolute Gasteiger partial charge is 0.508 e. The number of aromatic nitrogens is 3. The molecule has 13 nitrogen and oxygen atoms in total. The number of halogens is 1. The lowest BCUT2D eigenvalue weighted by molar-refractivity contribution is -0.122. The Morgan fingerprint density at radius 2 is 1.74 bits per heavy atom. The highest BCUT2D eigenvalue weighted by atomic mass is 19.1. The fraction of sp³-hybridized carbons (Fsp3) is 0.547. The monoisotopic (exact) mass is 1060 g/mol. The molecule has 1 saturated carbocycles.